The average Bonchev–Trinajstić information content (AvgIpc) is 2.40. The second kappa shape index (κ2) is 6.87. The van der Waals surface area contributed by atoms with Crippen molar-refractivity contribution in [3.8, 4) is 11.4 Å². The van der Waals surface area contributed by atoms with E-state index in [9.17, 15) is 0 Å². The zero-order chi connectivity index (χ0) is 14.7. The fourth-order valence-corrected chi connectivity index (χ4v) is 2.79. The maximum Gasteiger partial charge on any atom is 0.163 e. The lowest BCUT2D eigenvalue weighted by Crippen LogP contribution is -2.06. The number of aromatic nitrogens is 2. The molecule has 0 radical (unpaired) electrons. The zero-order valence-electron chi connectivity index (χ0n) is 11.2. The molecule has 0 aliphatic rings. The summed E-state index contributed by atoms with van der Waals surface area (Å²) < 4.78 is 1.83. The van der Waals surface area contributed by atoms with E-state index in [-0.39, 0.29) is 0 Å². The number of hydrogen-bond donors (Lipinski definition) is 1. The molecule has 0 atom stereocenters. The Morgan fingerprint density at radius 1 is 1.25 bits per heavy atom. The lowest BCUT2D eigenvalue weighted by atomic mass is 10.2. The zero-order valence-corrected chi connectivity index (χ0v) is 15.1. The molecule has 2 rings (SSSR count). The summed E-state index contributed by atoms with van der Waals surface area (Å²) in [7, 11) is 0. The maximum atomic E-state index is 6.27. The van der Waals surface area contributed by atoms with Gasteiger partial charge in [0.1, 0.15) is 5.82 Å². The Balaban J connectivity index is 2.48. The second-order valence-corrected chi connectivity index (χ2v) is 6.46. The van der Waals surface area contributed by atoms with E-state index in [2.05, 4.69) is 54.1 Å². The van der Waals surface area contributed by atoms with E-state index in [0.717, 1.165) is 39.0 Å². The van der Waals surface area contributed by atoms with Crippen LogP contribution in [-0.4, -0.2) is 16.5 Å². The van der Waals surface area contributed by atoms with Crippen LogP contribution in [0, 0.1) is 6.92 Å². The summed E-state index contributed by atoms with van der Waals surface area (Å²) >= 11 is 13.2. The molecule has 0 saturated heterocycles. The molecule has 1 aromatic heterocycles. The molecule has 0 bridgehead atoms. The van der Waals surface area contributed by atoms with Gasteiger partial charge >= 0.3 is 0 Å². The van der Waals surface area contributed by atoms with E-state index in [1.165, 1.54) is 0 Å². The topological polar surface area (TPSA) is 37.8 Å². The first-order valence-corrected chi connectivity index (χ1v) is 8.22. The van der Waals surface area contributed by atoms with Crippen LogP contribution in [0.25, 0.3) is 11.4 Å². The molecule has 0 fully saturated rings. The largest absolute Gasteiger partial charge is 0.369 e. The van der Waals surface area contributed by atoms with Gasteiger partial charge in [-0.15, -0.1) is 0 Å². The summed E-state index contributed by atoms with van der Waals surface area (Å²) in [6, 6.07) is 5.69. The highest BCUT2D eigenvalue weighted by molar-refractivity contribution is 9.11. The van der Waals surface area contributed by atoms with Crippen LogP contribution in [0.5, 0.6) is 0 Å². The molecular formula is C14H14Br2ClN3. The molecule has 0 unspecified atom stereocenters. The van der Waals surface area contributed by atoms with Gasteiger partial charge in [-0.3, -0.25) is 0 Å². The molecule has 0 amide bonds. The molecule has 1 heterocycles. The summed E-state index contributed by atoms with van der Waals surface area (Å²) in [5, 5.41) is 3.92. The molecule has 6 heteroatoms. The van der Waals surface area contributed by atoms with Gasteiger partial charge in [0.2, 0.25) is 0 Å². The summed E-state index contributed by atoms with van der Waals surface area (Å²) in [6.07, 6.45) is 1.03. The minimum absolute atomic E-state index is 0.627. The van der Waals surface area contributed by atoms with E-state index in [4.69, 9.17) is 11.6 Å². The minimum Gasteiger partial charge on any atom is -0.369 e. The van der Waals surface area contributed by atoms with Crippen molar-refractivity contribution in [2.75, 3.05) is 11.9 Å². The summed E-state index contributed by atoms with van der Waals surface area (Å²) in [5.41, 5.74) is 1.71. The Bertz CT molecular complexity index is 632. The van der Waals surface area contributed by atoms with E-state index in [0.29, 0.717) is 10.8 Å². The highest BCUT2D eigenvalue weighted by Crippen LogP contribution is 2.31. The van der Waals surface area contributed by atoms with Crippen molar-refractivity contribution >= 4 is 49.3 Å². The van der Waals surface area contributed by atoms with Crippen LogP contribution < -0.4 is 5.32 Å². The van der Waals surface area contributed by atoms with Crippen molar-refractivity contribution in [1.82, 2.24) is 9.97 Å². The first-order valence-electron chi connectivity index (χ1n) is 6.26. The average molecular weight is 420 g/mol. The summed E-state index contributed by atoms with van der Waals surface area (Å²) in [6.45, 7) is 4.92. The van der Waals surface area contributed by atoms with Crippen molar-refractivity contribution in [1.29, 1.82) is 0 Å². The predicted molar refractivity (Wildman–Crippen MR) is 91.4 cm³/mol. The van der Waals surface area contributed by atoms with Crippen LogP contribution in [0.4, 0.5) is 5.82 Å². The van der Waals surface area contributed by atoms with Gasteiger partial charge in [-0.1, -0.05) is 34.5 Å². The summed E-state index contributed by atoms with van der Waals surface area (Å²) in [5.74, 6) is 1.43. The van der Waals surface area contributed by atoms with Crippen LogP contribution in [0.1, 0.15) is 19.0 Å². The highest BCUT2D eigenvalue weighted by Gasteiger charge is 2.13. The Hall–Kier alpha value is -0.650. The van der Waals surface area contributed by atoms with Gasteiger partial charge in [0.05, 0.1) is 15.2 Å². The predicted octanol–water partition coefficient (Wildman–Crippen LogP) is 5.45. The number of benzene rings is 1. The molecule has 0 aliphatic heterocycles. The first kappa shape index (κ1) is 15.7. The number of anilines is 1. The van der Waals surface area contributed by atoms with Crippen LogP contribution in [0.2, 0.25) is 5.02 Å². The van der Waals surface area contributed by atoms with Crippen molar-refractivity contribution < 1.29 is 0 Å². The first-order chi connectivity index (χ1) is 9.52. The lowest BCUT2D eigenvalue weighted by Gasteiger charge is -2.11. The Kier molecular flexibility index (Phi) is 5.41. The molecule has 3 nitrogen and oxygen atoms in total. The highest BCUT2D eigenvalue weighted by atomic mass is 79.9. The second-order valence-electron chi connectivity index (χ2n) is 4.35. The van der Waals surface area contributed by atoms with Crippen LogP contribution in [0.3, 0.4) is 0 Å². The van der Waals surface area contributed by atoms with E-state index in [1.54, 1.807) is 0 Å². The standard InChI is InChI=1S/C14H14Br2ClN3/c1-3-6-18-14-12(16)8(2)19-13(20-14)10-5-4-9(15)7-11(10)17/h4-5,7H,3,6H2,1-2H3,(H,18,19,20). The smallest absolute Gasteiger partial charge is 0.163 e. The number of halogens is 3. The van der Waals surface area contributed by atoms with Crippen LogP contribution in [-0.2, 0) is 0 Å². The molecule has 106 valence electrons. The molecule has 1 aromatic carbocycles. The van der Waals surface area contributed by atoms with Gasteiger partial charge in [-0.2, -0.15) is 0 Å². The summed E-state index contributed by atoms with van der Waals surface area (Å²) in [4.78, 5) is 9.07. The molecule has 1 N–H and O–H groups in total. The van der Waals surface area contributed by atoms with Crippen LogP contribution in [0.15, 0.2) is 27.1 Å². The quantitative estimate of drug-likeness (QED) is 0.716. The van der Waals surface area contributed by atoms with Gasteiger partial charge in [-0.25, -0.2) is 9.97 Å². The normalized spacial score (nSPS) is 10.7. The monoisotopic (exact) mass is 417 g/mol. The number of hydrogen-bond acceptors (Lipinski definition) is 3. The molecule has 0 aliphatic carbocycles. The van der Waals surface area contributed by atoms with E-state index < -0.39 is 0 Å². The molecular weight excluding hydrogens is 405 g/mol. The Morgan fingerprint density at radius 2 is 2.00 bits per heavy atom. The molecule has 2 aromatic rings. The fraction of sp³-hybridized carbons (Fsp3) is 0.286. The van der Waals surface area contributed by atoms with E-state index in [1.807, 2.05) is 25.1 Å². The molecule has 0 saturated carbocycles. The van der Waals surface area contributed by atoms with E-state index >= 15 is 0 Å². The SMILES string of the molecule is CCCNc1nc(-c2ccc(Br)cc2Cl)nc(C)c1Br. The number of rotatable bonds is 4. The Labute approximate surface area is 140 Å². The van der Waals surface area contributed by atoms with Crippen molar-refractivity contribution in [2.24, 2.45) is 0 Å². The molecule has 0 spiro atoms. The van der Waals surface area contributed by atoms with Gasteiger partial charge < -0.3 is 5.32 Å². The molecule has 20 heavy (non-hydrogen) atoms. The number of aryl methyl sites for hydroxylation is 1. The third kappa shape index (κ3) is 3.51. The van der Waals surface area contributed by atoms with Crippen molar-refractivity contribution in [2.45, 2.75) is 20.3 Å². The fourth-order valence-electron chi connectivity index (χ4n) is 1.71. The van der Waals surface area contributed by atoms with Gasteiger partial charge in [0.15, 0.2) is 5.82 Å². The number of nitrogens with zero attached hydrogens (tertiary/aromatic N) is 2. The number of nitrogens with one attached hydrogen (secondary N) is 1. The van der Waals surface area contributed by atoms with Gasteiger partial charge in [0, 0.05) is 16.6 Å². The Morgan fingerprint density at radius 3 is 2.65 bits per heavy atom. The van der Waals surface area contributed by atoms with Gasteiger partial charge in [0.25, 0.3) is 0 Å². The third-order valence-corrected chi connectivity index (χ3v) is 4.49. The van der Waals surface area contributed by atoms with Crippen molar-refractivity contribution in [3.05, 3.63) is 37.9 Å². The minimum atomic E-state index is 0.627. The van der Waals surface area contributed by atoms with Crippen molar-refractivity contribution in [3.63, 3.8) is 0 Å². The van der Waals surface area contributed by atoms with Crippen LogP contribution >= 0.6 is 43.5 Å². The third-order valence-electron chi connectivity index (χ3n) is 2.73. The van der Waals surface area contributed by atoms with Gasteiger partial charge in [-0.05, 0) is 47.5 Å². The maximum absolute atomic E-state index is 6.27. The lowest BCUT2D eigenvalue weighted by molar-refractivity contribution is 0.958.